The Kier molecular flexibility index (Phi) is 20.5. The molecule has 1 aromatic carbocycles. The lowest BCUT2D eigenvalue weighted by Gasteiger charge is -2.19. The van der Waals surface area contributed by atoms with Gasteiger partial charge in [-0.25, -0.2) is 14.3 Å². The van der Waals surface area contributed by atoms with E-state index in [2.05, 4.69) is 6.92 Å². The first-order valence-electron chi connectivity index (χ1n) is 15.7. The molecule has 0 bridgehead atoms. The summed E-state index contributed by atoms with van der Waals surface area (Å²) in [4.78, 5) is 26.2. The minimum Gasteiger partial charge on any atom is -1.00 e. The standard InChI is InChI=1S/C34H53N2O6.HI/c1-6-8-9-10-11-12-13-14-15-16-17-18-22-41-33-31(39-4)23-30(24-32(33)40-5)27-42-34(38)36(28(3)37)26-29-20-19-21-35(7-2)25-29;/h19-21,23-25H,6-18,22,26-27H2,1-5H3;1H/q+1;/p-1. The first kappa shape index (κ1) is 38.5. The fourth-order valence-corrected chi connectivity index (χ4v) is 4.85. The van der Waals surface area contributed by atoms with Crippen LogP contribution in [0, 0.1) is 0 Å². The molecule has 0 atom stereocenters. The van der Waals surface area contributed by atoms with Crippen molar-refractivity contribution in [3.8, 4) is 17.2 Å². The van der Waals surface area contributed by atoms with Gasteiger partial charge in [0.15, 0.2) is 23.9 Å². The number of pyridine rings is 1. The molecule has 9 heteroatoms. The van der Waals surface area contributed by atoms with Crippen molar-refractivity contribution in [1.29, 1.82) is 0 Å². The van der Waals surface area contributed by atoms with Crippen LogP contribution in [-0.4, -0.2) is 37.7 Å². The van der Waals surface area contributed by atoms with Gasteiger partial charge in [0.05, 0.1) is 27.4 Å². The molecule has 0 aliphatic heterocycles. The summed E-state index contributed by atoms with van der Waals surface area (Å²) >= 11 is 0. The minimum atomic E-state index is -0.709. The van der Waals surface area contributed by atoms with Gasteiger partial charge in [0.2, 0.25) is 11.7 Å². The maximum absolute atomic E-state index is 12.8. The van der Waals surface area contributed by atoms with Crippen LogP contribution in [0.4, 0.5) is 4.79 Å². The van der Waals surface area contributed by atoms with E-state index >= 15 is 0 Å². The molecular formula is C34H53IN2O6. The zero-order valence-electron chi connectivity index (χ0n) is 27.0. The van der Waals surface area contributed by atoms with E-state index in [0.29, 0.717) is 29.4 Å². The summed E-state index contributed by atoms with van der Waals surface area (Å²) < 4.78 is 24.7. The van der Waals surface area contributed by atoms with Crippen molar-refractivity contribution in [3.05, 3.63) is 47.8 Å². The largest absolute Gasteiger partial charge is 1.00 e. The Labute approximate surface area is 276 Å². The van der Waals surface area contributed by atoms with E-state index in [9.17, 15) is 9.59 Å². The molecule has 8 nitrogen and oxygen atoms in total. The smallest absolute Gasteiger partial charge is 0.417 e. The van der Waals surface area contributed by atoms with Crippen LogP contribution in [0.3, 0.4) is 0 Å². The van der Waals surface area contributed by atoms with Gasteiger partial charge < -0.3 is 42.9 Å². The number of carbonyl (C=O) groups excluding carboxylic acids is 2. The summed E-state index contributed by atoms with van der Waals surface area (Å²) in [7, 11) is 3.14. The summed E-state index contributed by atoms with van der Waals surface area (Å²) in [5.74, 6) is 1.17. The number of carbonyl (C=O) groups is 2. The van der Waals surface area contributed by atoms with E-state index in [1.54, 1.807) is 26.4 Å². The number of methoxy groups -OCH3 is 2. The lowest BCUT2D eigenvalue weighted by Crippen LogP contribution is -3.00. The number of imide groups is 1. The average molecular weight is 713 g/mol. The molecule has 2 rings (SSSR count). The molecule has 43 heavy (non-hydrogen) atoms. The maximum atomic E-state index is 12.8. The van der Waals surface area contributed by atoms with Crippen molar-refractivity contribution in [3.63, 3.8) is 0 Å². The van der Waals surface area contributed by atoms with Crippen LogP contribution in [-0.2, 0) is 29.2 Å². The number of halogens is 1. The number of ether oxygens (including phenoxy) is 4. The molecule has 0 fully saturated rings. The number of nitrogens with zero attached hydrogens (tertiary/aromatic N) is 2. The number of hydrogen-bond donors (Lipinski definition) is 0. The van der Waals surface area contributed by atoms with E-state index in [1.807, 2.05) is 36.0 Å². The number of hydrogen-bond acceptors (Lipinski definition) is 6. The summed E-state index contributed by atoms with van der Waals surface area (Å²) in [6.07, 6.45) is 18.6. The van der Waals surface area contributed by atoms with E-state index < -0.39 is 6.09 Å². The summed E-state index contributed by atoms with van der Waals surface area (Å²) in [5.41, 5.74) is 1.51. The molecule has 0 radical (unpaired) electrons. The molecule has 0 saturated heterocycles. The lowest BCUT2D eigenvalue weighted by atomic mass is 10.1. The van der Waals surface area contributed by atoms with Crippen LogP contribution in [0.15, 0.2) is 36.7 Å². The highest BCUT2D eigenvalue weighted by Crippen LogP contribution is 2.39. The number of benzene rings is 1. The maximum Gasteiger partial charge on any atom is 0.417 e. The van der Waals surface area contributed by atoms with Crippen LogP contribution >= 0.6 is 0 Å². The third kappa shape index (κ3) is 14.6. The molecule has 0 saturated carbocycles. The molecule has 1 aromatic heterocycles. The predicted octanol–water partition coefficient (Wildman–Crippen LogP) is 4.78. The lowest BCUT2D eigenvalue weighted by molar-refractivity contribution is -0.694. The first-order chi connectivity index (χ1) is 20.4. The Balaban J connectivity index is 0.00000924. The fraction of sp³-hybridized carbons (Fsp3) is 0.618. The van der Waals surface area contributed by atoms with Gasteiger partial charge in [0.25, 0.3) is 0 Å². The second kappa shape index (κ2) is 22.9. The van der Waals surface area contributed by atoms with Gasteiger partial charge in [-0.1, -0.05) is 77.6 Å². The van der Waals surface area contributed by atoms with Gasteiger partial charge in [-0.15, -0.1) is 0 Å². The predicted molar refractivity (Wildman–Crippen MR) is 165 cm³/mol. The van der Waals surface area contributed by atoms with E-state index in [1.165, 1.54) is 71.1 Å². The summed E-state index contributed by atoms with van der Waals surface area (Å²) in [5, 5.41) is 0. The van der Waals surface area contributed by atoms with Gasteiger partial charge in [0, 0.05) is 18.6 Å². The number of rotatable bonds is 21. The molecule has 0 N–H and O–H groups in total. The molecular weight excluding hydrogens is 659 g/mol. The van der Waals surface area contributed by atoms with Gasteiger partial charge in [-0.3, -0.25) is 4.79 Å². The SMILES string of the molecule is CCCCCCCCCCCCCCOc1c(OC)cc(COC(=O)N(Cc2ccc[n+](CC)c2)C(C)=O)cc1OC.[I-]. The number of amides is 2. The monoisotopic (exact) mass is 712 g/mol. The van der Waals surface area contributed by atoms with Crippen molar-refractivity contribution >= 4 is 12.0 Å². The van der Waals surface area contributed by atoms with Gasteiger partial charge in [-0.05, 0) is 37.1 Å². The van der Waals surface area contributed by atoms with Crippen molar-refractivity contribution in [1.82, 2.24) is 4.90 Å². The van der Waals surface area contributed by atoms with E-state index in [0.717, 1.165) is 29.8 Å². The topological polar surface area (TPSA) is 78.2 Å². The van der Waals surface area contributed by atoms with E-state index in [-0.39, 0.29) is 43.0 Å². The third-order valence-electron chi connectivity index (χ3n) is 7.35. The number of unbranched alkanes of at least 4 members (excludes halogenated alkanes) is 11. The minimum absolute atomic E-state index is 0. The Hall–Kier alpha value is -2.56. The summed E-state index contributed by atoms with van der Waals surface area (Å²) in [6, 6.07) is 7.31. The molecule has 0 aliphatic carbocycles. The average Bonchev–Trinajstić information content (AvgIpc) is 3.00. The second-order valence-electron chi connectivity index (χ2n) is 10.8. The number of aromatic nitrogens is 1. The number of aryl methyl sites for hydroxylation is 1. The normalized spacial score (nSPS) is 10.5. The molecule has 0 spiro atoms. The molecule has 0 aliphatic rings. The highest BCUT2D eigenvalue weighted by molar-refractivity contribution is 5.90. The van der Waals surface area contributed by atoms with E-state index in [4.69, 9.17) is 18.9 Å². The van der Waals surface area contributed by atoms with Crippen molar-refractivity contribution < 1.29 is 57.1 Å². The van der Waals surface area contributed by atoms with Gasteiger partial charge in [0.1, 0.15) is 13.2 Å². The molecule has 2 aromatic rings. The van der Waals surface area contributed by atoms with Gasteiger partial charge in [-0.2, -0.15) is 0 Å². The third-order valence-corrected chi connectivity index (χ3v) is 7.35. The summed E-state index contributed by atoms with van der Waals surface area (Å²) in [6.45, 7) is 7.10. The highest BCUT2D eigenvalue weighted by Gasteiger charge is 2.22. The van der Waals surface area contributed by atoms with Crippen LogP contribution < -0.4 is 42.8 Å². The van der Waals surface area contributed by atoms with Crippen LogP contribution in [0.1, 0.15) is 109 Å². The molecule has 2 amide bonds. The molecule has 1 heterocycles. The Morgan fingerprint density at radius 2 is 1.37 bits per heavy atom. The Morgan fingerprint density at radius 1 is 0.814 bits per heavy atom. The van der Waals surface area contributed by atoms with Crippen molar-refractivity contribution in [2.45, 2.75) is 118 Å². The second-order valence-corrected chi connectivity index (χ2v) is 10.8. The Bertz CT molecular complexity index is 1060. The Morgan fingerprint density at radius 3 is 1.88 bits per heavy atom. The van der Waals surface area contributed by atoms with Gasteiger partial charge >= 0.3 is 6.09 Å². The quantitative estimate of drug-likeness (QED) is 0.105. The molecule has 0 unspecified atom stereocenters. The van der Waals surface area contributed by atoms with Crippen molar-refractivity contribution in [2.24, 2.45) is 0 Å². The van der Waals surface area contributed by atoms with Crippen molar-refractivity contribution in [2.75, 3.05) is 20.8 Å². The fourth-order valence-electron chi connectivity index (χ4n) is 4.85. The van der Waals surface area contributed by atoms with Crippen LogP contribution in [0.5, 0.6) is 17.2 Å². The first-order valence-corrected chi connectivity index (χ1v) is 15.7. The zero-order valence-corrected chi connectivity index (χ0v) is 29.2. The van der Waals surface area contributed by atoms with Crippen LogP contribution in [0.2, 0.25) is 0 Å². The zero-order chi connectivity index (χ0) is 30.6. The van der Waals surface area contributed by atoms with Crippen LogP contribution in [0.25, 0.3) is 0 Å². The highest BCUT2D eigenvalue weighted by atomic mass is 127. The molecule has 242 valence electrons.